The van der Waals surface area contributed by atoms with Gasteiger partial charge in [-0.1, -0.05) is 19.0 Å². The predicted octanol–water partition coefficient (Wildman–Crippen LogP) is 1.86. The maximum Gasteiger partial charge on any atom is 0.259 e. The summed E-state index contributed by atoms with van der Waals surface area (Å²) in [5, 5.41) is 14.3. The summed E-state index contributed by atoms with van der Waals surface area (Å²) in [5.74, 6) is 0.619. The second-order valence-electron chi connectivity index (χ2n) is 6.70. The zero-order valence-corrected chi connectivity index (χ0v) is 13.5. The van der Waals surface area contributed by atoms with Gasteiger partial charge in [-0.25, -0.2) is 0 Å². The molecule has 1 N–H and O–H groups in total. The Balaban J connectivity index is 1.85. The van der Waals surface area contributed by atoms with Crippen LogP contribution in [0.2, 0.25) is 0 Å². The number of ether oxygens (including phenoxy) is 1. The maximum atomic E-state index is 12.9. The number of likely N-dealkylation sites (tertiary alicyclic amines) is 1. The highest BCUT2D eigenvalue weighted by Gasteiger charge is 2.47. The van der Waals surface area contributed by atoms with Crippen molar-refractivity contribution in [3.05, 3.63) is 17.0 Å². The minimum Gasteiger partial charge on any atom is -0.390 e. The van der Waals surface area contributed by atoms with Gasteiger partial charge in [-0.15, -0.1) is 0 Å². The van der Waals surface area contributed by atoms with E-state index in [0.29, 0.717) is 43.1 Å². The molecule has 1 amide bonds. The first-order chi connectivity index (χ1) is 10.4. The molecule has 6 heteroatoms. The van der Waals surface area contributed by atoms with E-state index in [1.807, 2.05) is 13.8 Å². The highest BCUT2D eigenvalue weighted by atomic mass is 16.5. The summed E-state index contributed by atoms with van der Waals surface area (Å²) in [5.41, 5.74) is 0.686. The third-order valence-corrected chi connectivity index (χ3v) is 4.81. The van der Waals surface area contributed by atoms with Crippen molar-refractivity contribution in [1.29, 1.82) is 0 Å². The second-order valence-corrected chi connectivity index (χ2v) is 6.70. The van der Waals surface area contributed by atoms with Crippen molar-refractivity contribution in [3.63, 3.8) is 0 Å². The number of aromatic nitrogens is 1. The highest BCUT2D eigenvalue weighted by Crippen LogP contribution is 2.36. The summed E-state index contributed by atoms with van der Waals surface area (Å²) in [7, 11) is 0. The van der Waals surface area contributed by atoms with Gasteiger partial charge in [0.1, 0.15) is 16.9 Å². The molecule has 1 aromatic rings. The fourth-order valence-corrected chi connectivity index (χ4v) is 3.53. The molecule has 2 saturated heterocycles. The molecule has 22 heavy (non-hydrogen) atoms. The molecule has 3 rings (SSSR count). The first kappa shape index (κ1) is 15.5. The lowest BCUT2D eigenvalue weighted by Gasteiger charge is -2.43. The Kier molecular flexibility index (Phi) is 3.99. The van der Waals surface area contributed by atoms with E-state index in [1.54, 1.807) is 11.8 Å². The minimum atomic E-state index is -0.586. The van der Waals surface area contributed by atoms with E-state index in [9.17, 15) is 9.90 Å². The van der Waals surface area contributed by atoms with Gasteiger partial charge in [-0.05, 0) is 32.1 Å². The van der Waals surface area contributed by atoms with E-state index in [-0.39, 0.29) is 11.8 Å². The van der Waals surface area contributed by atoms with Crippen molar-refractivity contribution in [2.75, 3.05) is 19.7 Å². The van der Waals surface area contributed by atoms with Gasteiger partial charge in [0.25, 0.3) is 5.91 Å². The summed E-state index contributed by atoms with van der Waals surface area (Å²) < 4.78 is 11.0. The third kappa shape index (κ3) is 2.44. The van der Waals surface area contributed by atoms with Gasteiger partial charge < -0.3 is 19.3 Å². The van der Waals surface area contributed by atoms with Gasteiger partial charge in [0.15, 0.2) is 0 Å². The maximum absolute atomic E-state index is 12.9. The van der Waals surface area contributed by atoms with E-state index < -0.39 is 11.7 Å². The van der Waals surface area contributed by atoms with E-state index in [4.69, 9.17) is 9.26 Å². The van der Waals surface area contributed by atoms with E-state index in [2.05, 4.69) is 5.16 Å². The predicted molar refractivity (Wildman–Crippen MR) is 79.8 cm³/mol. The fourth-order valence-electron chi connectivity index (χ4n) is 3.53. The molecule has 6 nitrogen and oxygen atoms in total. The van der Waals surface area contributed by atoms with Crippen LogP contribution in [0.25, 0.3) is 0 Å². The zero-order chi connectivity index (χ0) is 15.9. The number of aliphatic hydroxyl groups excluding tert-OH is 1. The molecule has 1 spiro atoms. The second kappa shape index (κ2) is 5.66. The Morgan fingerprint density at radius 1 is 1.50 bits per heavy atom. The molecule has 0 aromatic carbocycles. The molecule has 2 atom stereocenters. The summed E-state index contributed by atoms with van der Waals surface area (Å²) in [6.45, 7) is 7.39. The molecule has 0 radical (unpaired) electrons. The van der Waals surface area contributed by atoms with Crippen LogP contribution in [0, 0.1) is 6.92 Å². The van der Waals surface area contributed by atoms with Crippen LogP contribution in [0.4, 0.5) is 0 Å². The van der Waals surface area contributed by atoms with Gasteiger partial charge in [-0.2, -0.15) is 0 Å². The first-order valence-corrected chi connectivity index (χ1v) is 8.02. The van der Waals surface area contributed by atoms with Crippen LogP contribution in [-0.4, -0.2) is 52.5 Å². The van der Waals surface area contributed by atoms with Crippen LogP contribution in [0.1, 0.15) is 60.8 Å². The standard InChI is InChI=1S/C16H24N2O4/c1-10(2)14-13(11(3)22-17-14)15(20)18-7-5-12(19)16(9-18)6-4-8-21-16/h10,12,19H,4-9H2,1-3H3/t12-,16-/m0/s1. The average Bonchev–Trinajstić information content (AvgIpc) is 3.09. The smallest absolute Gasteiger partial charge is 0.259 e. The quantitative estimate of drug-likeness (QED) is 0.902. The Morgan fingerprint density at radius 2 is 2.27 bits per heavy atom. The summed E-state index contributed by atoms with van der Waals surface area (Å²) in [4.78, 5) is 14.7. The van der Waals surface area contributed by atoms with Crippen LogP contribution >= 0.6 is 0 Å². The third-order valence-electron chi connectivity index (χ3n) is 4.81. The summed E-state index contributed by atoms with van der Waals surface area (Å²) in [6.07, 6.45) is 1.79. The first-order valence-electron chi connectivity index (χ1n) is 8.02. The van der Waals surface area contributed by atoms with Crippen LogP contribution in [0.3, 0.4) is 0 Å². The number of hydrogen-bond donors (Lipinski definition) is 1. The molecule has 0 bridgehead atoms. The summed E-state index contributed by atoms with van der Waals surface area (Å²) >= 11 is 0. The lowest BCUT2D eigenvalue weighted by Crippen LogP contribution is -2.58. The zero-order valence-electron chi connectivity index (χ0n) is 13.5. The molecule has 2 aliphatic rings. The number of nitrogens with zero attached hydrogens (tertiary/aromatic N) is 2. The number of amides is 1. The Labute approximate surface area is 130 Å². The molecule has 1 aromatic heterocycles. The average molecular weight is 308 g/mol. The van der Waals surface area contributed by atoms with Crippen molar-refractivity contribution in [2.45, 2.75) is 57.7 Å². The molecule has 122 valence electrons. The molecular weight excluding hydrogens is 284 g/mol. The van der Waals surface area contributed by atoms with Gasteiger partial charge in [0.2, 0.25) is 0 Å². The number of aryl methyl sites for hydroxylation is 1. The molecular formula is C16H24N2O4. The van der Waals surface area contributed by atoms with Gasteiger partial charge in [0, 0.05) is 13.2 Å². The van der Waals surface area contributed by atoms with Crippen molar-refractivity contribution >= 4 is 5.91 Å². The Bertz CT molecular complexity index is 560. The molecule has 0 unspecified atom stereocenters. The Morgan fingerprint density at radius 3 is 2.91 bits per heavy atom. The van der Waals surface area contributed by atoms with Crippen molar-refractivity contribution in [1.82, 2.24) is 10.1 Å². The van der Waals surface area contributed by atoms with Crippen molar-refractivity contribution < 1.29 is 19.2 Å². The molecule has 2 fully saturated rings. The fraction of sp³-hybridized carbons (Fsp3) is 0.750. The van der Waals surface area contributed by atoms with Crippen LogP contribution in [0.5, 0.6) is 0 Å². The van der Waals surface area contributed by atoms with Crippen LogP contribution in [-0.2, 0) is 4.74 Å². The number of hydrogen-bond acceptors (Lipinski definition) is 5. The van der Waals surface area contributed by atoms with Gasteiger partial charge in [0.05, 0.1) is 18.3 Å². The number of rotatable bonds is 2. The Hall–Kier alpha value is -1.40. The molecule has 0 aliphatic carbocycles. The molecule has 3 heterocycles. The number of piperidine rings is 1. The largest absolute Gasteiger partial charge is 0.390 e. The highest BCUT2D eigenvalue weighted by molar-refractivity contribution is 5.96. The van der Waals surface area contributed by atoms with Crippen LogP contribution in [0.15, 0.2) is 4.52 Å². The number of carbonyl (C=O) groups excluding carboxylic acids is 1. The molecule has 2 aliphatic heterocycles. The lowest BCUT2D eigenvalue weighted by molar-refractivity contribution is -0.124. The SMILES string of the molecule is Cc1onc(C(C)C)c1C(=O)N1CC[C@H](O)[C@]2(CCCO2)C1. The van der Waals surface area contributed by atoms with Crippen LogP contribution < -0.4 is 0 Å². The normalized spacial score (nSPS) is 28.8. The monoisotopic (exact) mass is 308 g/mol. The molecule has 0 saturated carbocycles. The summed E-state index contributed by atoms with van der Waals surface area (Å²) in [6, 6.07) is 0. The van der Waals surface area contributed by atoms with Crippen molar-refractivity contribution in [2.24, 2.45) is 0 Å². The van der Waals surface area contributed by atoms with E-state index in [1.165, 1.54) is 0 Å². The topological polar surface area (TPSA) is 75.8 Å². The van der Waals surface area contributed by atoms with Crippen molar-refractivity contribution in [3.8, 4) is 0 Å². The number of aliphatic hydroxyl groups is 1. The number of carbonyl (C=O) groups is 1. The van der Waals surface area contributed by atoms with E-state index in [0.717, 1.165) is 12.8 Å². The minimum absolute atomic E-state index is 0.0655. The van der Waals surface area contributed by atoms with E-state index >= 15 is 0 Å². The van der Waals surface area contributed by atoms with Gasteiger partial charge >= 0.3 is 0 Å². The van der Waals surface area contributed by atoms with Gasteiger partial charge in [-0.3, -0.25) is 4.79 Å². The lowest BCUT2D eigenvalue weighted by atomic mass is 9.86.